The molecule has 0 aromatic rings. The lowest BCUT2D eigenvalue weighted by molar-refractivity contribution is -0.145. The Morgan fingerprint density at radius 3 is 2.36 bits per heavy atom. The maximum absolute atomic E-state index is 10.7. The van der Waals surface area contributed by atoms with Crippen LogP contribution in [0.4, 0.5) is 0 Å². The summed E-state index contributed by atoms with van der Waals surface area (Å²) in [6, 6.07) is -0.867. The molecular weight excluding hydrogens is 232 g/mol. The molecule has 0 unspecified atom stereocenters. The molecule has 0 radical (unpaired) electrons. The Morgan fingerprint density at radius 1 is 1.64 bits per heavy atom. The average Bonchev–Trinajstić information content (AvgIpc) is 1.82. The molecule has 0 aliphatic rings. The SMILES string of the molecule is N[C@@H](CS)C(=O)OC(Cl)(Cl)Cl. The van der Waals surface area contributed by atoms with Crippen LogP contribution in [0.3, 0.4) is 0 Å². The van der Waals surface area contributed by atoms with Gasteiger partial charge in [0.25, 0.3) is 0 Å². The van der Waals surface area contributed by atoms with Crippen LogP contribution in [0, 0.1) is 0 Å². The zero-order valence-corrected chi connectivity index (χ0v) is 8.42. The Labute approximate surface area is 84.5 Å². The van der Waals surface area contributed by atoms with Gasteiger partial charge in [-0.3, -0.25) is 4.79 Å². The molecule has 0 fully saturated rings. The number of esters is 1. The highest BCUT2D eigenvalue weighted by molar-refractivity contribution is 7.80. The Kier molecular flexibility index (Phi) is 4.89. The van der Waals surface area contributed by atoms with Crippen molar-refractivity contribution in [1.29, 1.82) is 0 Å². The zero-order chi connectivity index (χ0) is 9.07. The fourth-order valence-corrected chi connectivity index (χ4v) is 0.641. The molecule has 0 aromatic heterocycles. The van der Waals surface area contributed by atoms with Crippen molar-refractivity contribution in [3.8, 4) is 0 Å². The molecular formula is C4H6Cl3NO2S. The van der Waals surface area contributed by atoms with Crippen molar-refractivity contribution in [3.63, 3.8) is 0 Å². The molecule has 3 nitrogen and oxygen atoms in total. The van der Waals surface area contributed by atoms with E-state index in [9.17, 15) is 4.79 Å². The third kappa shape index (κ3) is 5.87. The second kappa shape index (κ2) is 4.62. The first-order valence-corrected chi connectivity index (χ1v) is 4.29. The molecule has 0 bridgehead atoms. The predicted octanol–water partition coefficient (Wildman–Crippen LogP) is 1.11. The van der Waals surface area contributed by atoms with Gasteiger partial charge in [0.05, 0.1) is 0 Å². The monoisotopic (exact) mass is 237 g/mol. The minimum atomic E-state index is -2.04. The summed E-state index contributed by atoms with van der Waals surface area (Å²) in [4.78, 5) is 10.7. The van der Waals surface area contributed by atoms with Crippen LogP contribution in [-0.2, 0) is 9.53 Å². The van der Waals surface area contributed by atoms with Crippen molar-refractivity contribution >= 4 is 53.4 Å². The molecule has 1 atom stereocenters. The van der Waals surface area contributed by atoms with E-state index in [1.807, 2.05) is 0 Å². The van der Waals surface area contributed by atoms with E-state index in [4.69, 9.17) is 40.5 Å². The Hall–Kier alpha value is 0.650. The molecule has 66 valence electrons. The van der Waals surface area contributed by atoms with Gasteiger partial charge in [-0.25, -0.2) is 0 Å². The van der Waals surface area contributed by atoms with Gasteiger partial charge in [-0.15, -0.1) is 0 Å². The van der Waals surface area contributed by atoms with E-state index < -0.39 is 16.0 Å². The van der Waals surface area contributed by atoms with Crippen LogP contribution in [0.25, 0.3) is 0 Å². The Balaban J connectivity index is 3.88. The quantitative estimate of drug-likeness (QED) is 0.431. The van der Waals surface area contributed by atoms with E-state index in [-0.39, 0.29) is 5.75 Å². The predicted molar refractivity (Wildman–Crippen MR) is 48.2 cm³/mol. The molecule has 11 heavy (non-hydrogen) atoms. The summed E-state index contributed by atoms with van der Waals surface area (Å²) in [6.45, 7) is 0. The summed E-state index contributed by atoms with van der Waals surface area (Å²) in [6.07, 6.45) is 0. The normalized spacial score (nSPS) is 14.3. The molecule has 0 rings (SSSR count). The van der Waals surface area contributed by atoms with Gasteiger partial charge in [-0.2, -0.15) is 12.6 Å². The highest BCUT2D eigenvalue weighted by Gasteiger charge is 2.27. The largest absolute Gasteiger partial charge is 0.413 e. The van der Waals surface area contributed by atoms with Crippen LogP contribution in [0.5, 0.6) is 0 Å². The fraction of sp³-hybridized carbons (Fsp3) is 0.750. The second-order valence-corrected chi connectivity index (χ2v) is 4.20. The lowest BCUT2D eigenvalue weighted by Gasteiger charge is -2.14. The van der Waals surface area contributed by atoms with Gasteiger partial charge in [0.1, 0.15) is 6.04 Å². The van der Waals surface area contributed by atoms with E-state index in [1.165, 1.54) is 0 Å². The smallest absolute Gasteiger partial charge is 0.340 e. The van der Waals surface area contributed by atoms with Crippen LogP contribution in [0.1, 0.15) is 0 Å². The lowest BCUT2D eigenvalue weighted by atomic mass is 10.4. The molecule has 0 heterocycles. The number of hydrogen-bond donors (Lipinski definition) is 2. The Bertz CT molecular complexity index is 149. The summed E-state index contributed by atoms with van der Waals surface area (Å²) in [5.41, 5.74) is 5.20. The van der Waals surface area contributed by atoms with Gasteiger partial charge in [-0.05, 0) is 34.8 Å². The molecule has 0 aliphatic carbocycles. The van der Waals surface area contributed by atoms with Crippen molar-refractivity contribution < 1.29 is 9.53 Å². The summed E-state index contributed by atoms with van der Waals surface area (Å²) in [7, 11) is 0. The van der Waals surface area contributed by atoms with E-state index in [0.717, 1.165) is 0 Å². The highest BCUT2D eigenvalue weighted by Crippen LogP contribution is 2.27. The minimum absolute atomic E-state index is 0.138. The summed E-state index contributed by atoms with van der Waals surface area (Å²) in [5.74, 6) is -0.653. The molecule has 0 aromatic carbocycles. The van der Waals surface area contributed by atoms with E-state index >= 15 is 0 Å². The van der Waals surface area contributed by atoms with Crippen LogP contribution in [0.2, 0.25) is 0 Å². The molecule has 0 saturated carbocycles. The van der Waals surface area contributed by atoms with Crippen molar-refractivity contribution in [3.05, 3.63) is 0 Å². The van der Waals surface area contributed by atoms with Crippen molar-refractivity contribution in [1.82, 2.24) is 0 Å². The van der Waals surface area contributed by atoms with E-state index in [1.54, 1.807) is 0 Å². The number of rotatable bonds is 2. The number of ether oxygens (including phenoxy) is 1. The number of carbonyl (C=O) groups is 1. The third-order valence-electron chi connectivity index (χ3n) is 0.716. The number of halogens is 3. The molecule has 2 N–H and O–H groups in total. The number of thiol groups is 1. The van der Waals surface area contributed by atoms with Crippen LogP contribution in [-0.4, -0.2) is 21.7 Å². The average molecular weight is 239 g/mol. The number of nitrogens with two attached hydrogens (primary N) is 1. The lowest BCUT2D eigenvalue weighted by Crippen LogP contribution is -2.36. The van der Waals surface area contributed by atoms with Crippen LogP contribution in [0.15, 0.2) is 0 Å². The Morgan fingerprint density at radius 2 is 2.09 bits per heavy atom. The number of carbonyl (C=O) groups excluding carboxylic acids is 1. The molecule has 0 amide bonds. The topological polar surface area (TPSA) is 52.3 Å². The van der Waals surface area contributed by atoms with Crippen LogP contribution < -0.4 is 5.73 Å². The van der Waals surface area contributed by atoms with Gasteiger partial charge in [0, 0.05) is 5.75 Å². The van der Waals surface area contributed by atoms with Crippen LogP contribution >= 0.6 is 47.4 Å². The molecule has 0 aliphatic heterocycles. The van der Waals surface area contributed by atoms with Gasteiger partial charge in [-0.1, -0.05) is 0 Å². The number of alkyl halides is 3. The first kappa shape index (κ1) is 11.6. The number of hydrogen-bond acceptors (Lipinski definition) is 4. The fourth-order valence-electron chi connectivity index (χ4n) is 0.264. The first-order valence-electron chi connectivity index (χ1n) is 2.53. The zero-order valence-electron chi connectivity index (χ0n) is 5.26. The van der Waals surface area contributed by atoms with Gasteiger partial charge in [0.15, 0.2) is 0 Å². The van der Waals surface area contributed by atoms with E-state index in [0.29, 0.717) is 0 Å². The maximum atomic E-state index is 10.7. The molecule has 0 saturated heterocycles. The van der Waals surface area contributed by atoms with E-state index in [2.05, 4.69) is 17.4 Å². The van der Waals surface area contributed by atoms with Crippen molar-refractivity contribution in [2.45, 2.75) is 10.0 Å². The summed E-state index contributed by atoms with van der Waals surface area (Å²) >= 11 is 19.2. The van der Waals surface area contributed by atoms with Gasteiger partial charge < -0.3 is 10.5 Å². The standard InChI is InChI=1S/C4H6Cl3NO2S/c5-4(6,7)10-3(9)2(8)1-11/h2,11H,1,8H2/t2-/m0/s1. The molecule has 7 heteroatoms. The second-order valence-electron chi connectivity index (χ2n) is 1.66. The van der Waals surface area contributed by atoms with Gasteiger partial charge in [0.2, 0.25) is 0 Å². The molecule has 0 spiro atoms. The third-order valence-corrected chi connectivity index (χ3v) is 1.34. The highest BCUT2D eigenvalue weighted by atomic mass is 35.6. The summed E-state index contributed by atoms with van der Waals surface area (Å²) < 4.78 is 2.23. The maximum Gasteiger partial charge on any atom is 0.340 e. The van der Waals surface area contributed by atoms with Gasteiger partial charge >= 0.3 is 9.95 Å². The minimum Gasteiger partial charge on any atom is -0.413 e. The summed E-state index contributed by atoms with van der Waals surface area (Å²) in [5, 5.41) is 0. The van der Waals surface area contributed by atoms with Crippen molar-refractivity contribution in [2.24, 2.45) is 5.73 Å². The first-order chi connectivity index (χ1) is 4.87. The van der Waals surface area contributed by atoms with Crippen molar-refractivity contribution in [2.75, 3.05) is 5.75 Å².